The average molecular weight is 550 g/mol. The van der Waals surface area contributed by atoms with Crippen molar-refractivity contribution in [3.05, 3.63) is 40.1 Å². The van der Waals surface area contributed by atoms with Gasteiger partial charge in [-0.05, 0) is 74.0 Å². The molecule has 0 bridgehead atoms. The number of piperidine rings is 1. The van der Waals surface area contributed by atoms with Gasteiger partial charge in [-0.15, -0.1) is 0 Å². The van der Waals surface area contributed by atoms with E-state index in [1.54, 1.807) is 10.8 Å². The number of likely N-dealkylation sites (tertiary alicyclic amines) is 1. The molecule has 216 valence electrons. The van der Waals surface area contributed by atoms with Crippen LogP contribution in [-0.4, -0.2) is 52.8 Å². The Balaban J connectivity index is 1.31. The fourth-order valence-corrected chi connectivity index (χ4v) is 7.86. The molecule has 0 aromatic carbocycles. The number of halogens is 3. The molecular weight excluding hydrogens is 507 g/mol. The van der Waals surface area contributed by atoms with Gasteiger partial charge in [-0.1, -0.05) is 20.3 Å². The van der Waals surface area contributed by atoms with Crippen LogP contribution in [0.2, 0.25) is 0 Å². The van der Waals surface area contributed by atoms with Gasteiger partial charge >= 0.3 is 11.9 Å². The lowest BCUT2D eigenvalue weighted by molar-refractivity contribution is -0.136. The Bertz CT molecular complexity index is 1220. The quantitative estimate of drug-likeness (QED) is 0.557. The Morgan fingerprint density at radius 3 is 2.59 bits per heavy atom. The number of hydrazine groups is 1. The van der Waals surface area contributed by atoms with E-state index in [1.165, 1.54) is 16.7 Å². The zero-order valence-corrected chi connectivity index (χ0v) is 23.1. The number of imidazole rings is 1. The van der Waals surface area contributed by atoms with E-state index in [-0.39, 0.29) is 17.2 Å². The number of ether oxygens (including phenoxy) is 1. The molecule has 2 N–H and O–H groups in total. The molecule has 1 aliphatic carbocycles. The van der Waals surface area contributed by atoms with Gasteiger partial charge < -0.3 is 4.74 Å². The van der Waals surface area contributed by atoms with E-state index in [2.05, 4.69) is 29.6 Å². The van der Waals surface area contributed by atoms with Crippen molar-refractivity contribution < 1.29 is 17.9 Å². The summed E-state index contributed by atoms with van der Waals surface area (Å²) in [5, 5.41) is 0. The van der Waals surface area contributed by atoms with Crippen LogP contribution < -0.4 is 16.5 Å². The fraction of sp³-hybridized carbons (Fsp3) is 0.759. The molecule has 6 atom stereocenters. The highest BCUT2D eigenvalue weighted by Crippen LogP contribution is 2.44. The zero-order chi connectivity index (χ0) is 27.3. The predicted octanol–water partition coefficient (Wildman–Crippen LogP) is 4.46. The van der Waals surface area contributed by atoms with Crippen molar-refractivity contribution in [2.24, 2.45) is 29.6 Å². The monoisotopic (exact) mass is 549 g/mol. The second-order valence-electron chi connectivity index (χ2n) is 12.8. The molecule has 3 saturated heterocycles. The fourth-order valence-electron chi connectivity index (χ4n) is 7.86. The molecule has 1 saturated carbocycles. The number of alkyl halides is 3. The minimum atomic E-state index is -4.53. The molecule has 4 unspecified atom stereocenters. The molecule has 3 aliphatic heterocycles. The van der Waals surface area contributed by atoms with E-state index in [1.807, 2.05) is 0 Å². The highest BCUT2D eigenvalue weighted by Gasteiger charge is 2.45. The van der Waals surface area contributed by atoms with Gasteiger partial charge in [-0.2, -0.15) is 13.2 Å². The Labute approximate surface area is 228 Å². The molecule has 0 radical (unpaired) electrons. The van der Waals surface area contributed by atoms with Crippen molar-refractivity contribution in [3.63, 3.8) is 0 Å². The largest absolute Gasteiger partial charge is 0.418 e. The topological polar surface area (TPSA) is 62.9 Å². The normalized spacial score (nSPS) is 32.0. The zero-order valence-electron chi connectivity index (χ0n) is 23.1. The van der Waals surface area contributed by atoms with E-state index in [4.69, 9.17) is 4.74 Å². The molecule has 7 nitrogen and oxygen atoms in total. The molecule has 0 amide bonds. The molecule has 4 aliphatic rings. The van der Waals surface area contributed by atoms with Gasteiger partial charge in [0.15, 0.2) is 0 Å². The highest BCUT2D eigenvalue weighted by atomic mass is 19.4. The van der Waals surface area contributed by atoms with E-state index >= 15 is 0 Å². The van der Waals surface area contributed by atoms with Crippen LogP contribution in [0.4, 0.5) is 13.2 Å². The van der Waals surface area contributed by atoms with Crippen molar-refractivity contribution in [1.82, 2.24) is 24.7 Å². The molecule has 5 heterocycles. The molecule has 0 spiro atoms. The minimum absolute atomic E-state index is 0.0374. The number of hydrogen-bond donors (Lipinski definition) is 2. The first-order valence-electron chi connectivity index (χ1n) is 14.8. The Morgan fingerprint density at radius 1 is 1.10 bits per heavy atom. The molecule has 4 fully saturated rings. The molecule has 6 rings (SSSR count). The van der Waals surface area contributed by atoms with Gasteiger partial charge in [0.05, 0.1) is 24.3 Å². The SMILES string of the molecule is CC1CNNC1[C@@H](C1COC1)C1CCCC(n2cc3c(C(F)(F)F)cc(CN4CCC[C@H](C)C4)cn3c2=O)C1. The second-order valence-corrected chi connectivity index (χ2v) is 12.8. The number of rotatable bonds is 6. The van der Waals surface area contributed by atoms with E-state index in [0.29, 0.717) is 47.7 Å². The Kier molecular flexibility index (Phi) is 7.58. The lowest BCUT2D eigenvalue weighted by Gasteiger charge is -2.45. The first-order chi connectivity index (χ1) is 18.7. The average Bonchev–Trinajstić information content (AvgIpc) is 3.43. The third-order valence-electron chi connectivity index (χ3n) is 9.85. The molecule has 2 aromatic rings. The van der Waals surface area contributed by atoms with Crippen LogP contribution in [0.3, 0.4) is 0 Å². The van der Waals surface area contributed by atoms with Gasteiger partial charge in [0.1, 0.15) is 0 Å². The Hall–Kier alpha value is -1.88. The lowest BCUT2D eigenvalue weighted by Crippen LogP contribution is -2.51. The Morgan fingerprint density at radius 2 is 1.92 bits per heavy atom. The van der Waals surface area contributed by atoms with Gasteiger partial charge in [0, 0.05) is 50.0 Å². The third kappa shape index (κ3) is 5.42. The maximum atomic E-state index is 14.3. The number of aromatic nitrogens is 2. The first kappa shape index (κ1) is 27.3. The van der Waals surface area contributed by atoms with Crippen molar-refractivity contribution in [1.29, 1.82) is 0 Å². The maximum absolute atomic E-state index is 14.3. The molecule has 39 heavy (non-hydrogen) atoms. The van der Waals surface area contributed by atoms with Crippen LogP contribution in [-0.2, 0) is 17.5 Å². The van der Waals surface area contributed by atoms with E-state index < -0.39 is 11.7 Å². The van der Waals surface area contributed by atoms with E-state index in [9.17, 15) is 18.0 Å². The summed E-state index contributed by atoms with van der Waals surface area (Å²) in [7, 11) is 0. The minimum Gasteiger partial charge on any atom is -0.381 e. The summed E-state index contributed by atoms with van der Waals surface area (Å²) >= 11 is 0. The number of fused-ring (bicyclic) bond motifs is 1. The van der Waals surface area contributed by atoms with Crippen LogP contribution >= 0.6 is 0 Å². The summed E-state index contributed by atoms with van der Waals surface area (Å²) in [4.78, 5) is 15.9. The molecule has 10 heteroatoms. The number of nitrogens with zero attached hydrogens (tertiary/aromatic N) is 3. The summed E-state index contributed by atoms with van der Waals surface area (Å²) in [5.41, 5.74) is 6.25. The van der Waals surface area contributed by atoms with Crippen molar-refractivity contribution in [2.45, 2.75) is 77.2 Å². The van der Waals surface area contributed by atoms with Gasteiger partial charge in [0.2, 0.25) is 0 Å². The van der Waals surface area contributed by atoms with Crippen LogP contribution in [0.5, 0.6) is 0 Å². The predicted molar refractivity (Wildman–Crippen MR) is 143 cm³/mol. The second kappa shape index (κ2) is 10.8. The summed E-state index contributed by atoms with van der Waals surface area (Å²) in [6.07, 6.45) is 4.46. The maximum Gasteiger partial charge on any atom is 0.418 e. The standard InChI is InChI=1S/C29H42F3N5O2/c1-18-5-4-8-35(12-18)13-20-9-24(29(30,31)32)25-15-36(28(38)37(25)14-20)23-7-3-6-21(10-23)26(22-16-39-17-22)27-19(2)11-33-34-27/h9,14-15,18-19,21-23,26-27,33-34H,3-8,10-13,16-17H2,1-2H3/t18-,19?,21?,23?,26+,27?/m0/s1. The van der Waals surface area contributed by atoms with Crippen LogP contribution in [0.25, 0.3) is 5.52 Å². The van der Waals surface area contributed by atoms with Gasteiger partial charge in [-0.25, -0.2) is 4.79 Å². The lowest BCUT2D eigenvalue weighted by atomic mass is 9.67. The number of pyridine rings is 1. The first-order valence-corrected chi connectivity index (χ1v) is 14.8. The summed E-state index contributed by atoms with van der Waals surface area (Å²) in [6, 6.07) is 1.50. The smallest absolute Gasteiger partial charge is 0.381 e. The summed E-state index contributed by atoms with van der Waals surface area (Å²) in [5.74, 6) is 2.32. The summed E-state index contributed by atoms with van der Waals surface area (Å²) < 4.78 is 51.3. The number of nitrogens with one attached hydrogen (secondary N) is 2. The third-order valence-corrected chi connectivity index (χ3v) is 9.85. The van der Waals surface area contributed by atoms with Crippen molar-refractivity contribution >= 4 is 5.52 Å². The van der Waals surface area contributed by atoms with Crippen molar-refractivity contribution in [3.8, 4) is 0 Å². The van der Waals surface area contributed by atoms with Gasteiger partial charge in [-0.3, -0.25) is 24.7 Å². The highest BCUT2D eigenvalue weighted by molar-refractivity contribution is 5.56. The van der Waals surface area contributed by atoms with Crippen molar-refractivity contribution in [2.75, 3.05) is 32.8 Å². The van der Waals surface area contributed by atoms with Crippen LogP contribution in [0.1, 0.15) is 69.5 Å². The van der Waals surface area contributed by atoms with Crippen LogP contribution in [0, 0.1) is 29.6 Å². The van der Waals surface area contributed by atoms with E-state index in [0.717, 1.165) is 71.4 Å². The molecular formula is C29H42F3N5O2. The van der Waals surface area contributed by atoms with Crippen LogP contribution in [0.15, 0.2) is 23.3 Å². The number of hydrogen-bond acceptors (Lipinski definition) is 5. The van der Waals surface area contributed by atoms with Gasteiger partial charge in [0.25, 0.3) is 0 Å². The molecule has 2 aromatic heterocycles. The summed E-state index contributed by atoms with van der Waals surface area (Å²) in [6.45, 7) is 9.07.